The lowest BCUT2D eigenvalue weighted by Crippen LogP contribution is -2.07. The molecule has 4 heteroatoms. The number of aldehydes is 1. The summed E-state index contributed by atoms with van der Waals surface area (Å²) in [5, 5.41) is 0.929. The molecule has 0 N–H and O–H groups in total. The van der Waals surface area contributed by atoms with Crippen molar-refractivity contribution in [2.45, 2.75) is 11.4 Å². The first-order chi connectivity index (χ1) is 6.29. The second kappa shape index (κ2) is 3.30. The van der Waals surface area contributed by atoms with E-state index in [1.165, 1.54) is 6.20 Å². The molecule has 2 heterocycles. The molecule has 0 saturated heterocycles. The van der Waals surface area contributed by atoms with Crippen LogP contribution in [0.25, 0.3) is 0 Å². The van der Waals surface area contributed by atoms with Crippen LogP contribution in [0.5, 0.6) is 0 Å². The van der Waals surface area contributed by atoms with Gasteiger partial charge in [-0.3, -0.25) is 4.79 Å². The van der Waals surface area contributed by atoms with Crippen LogP contribution >= 0.6 is 11.8 Å². The Morgan fingerprint density at radius 1 is 1.62 bits per heavy atom. The van der Waals surface area contributed by atoms with Crippen LogP contribution in [-0.4, -0.2) is 22.0 Å². The average Bonchev–Trinajstić information content (AvgIpc) is 2.16. The molecule has 0 unspecified atom stereocenters. The molecule has 0 fully saturated rings. The van der Waals surface area contributed by atoms with Crippen LogP contribution in [0, 0.1) is 0 Å². The number of hydrogen-bond acceptors (Lipinski definition) is 4. The van der Waals surface area contributed by atoms with Crippen LogP contribution in [0.1, 0.15) is 16.2 Å². The number of nitrogens with zero attached hydrogens (tertiary/aromatic N) is 2. The van der Waals surface area contributed by atoms with Gasteiger partial charge in [0.15, 0.2) is 6.29 Å². The Kier molecular flexibility index (Phi) is 2.14. The minimum Gasteiger partial charge on any atom is -0.296 e. The summed E-state index contributed by atoms with van der Waals surface area (Å²) in [7, 11) is 0. The lowest BCUT2D eigenvalue weighted by Gasteiger charge is -2.14. The fourth-order valence-corrected chi connectivity index (χ4v) is 2.04. The molecule has 66 valence electrons. The van der Waals surface area contributed by atoms with E-state index >= 15 is 0 Å². The Bertz CT molecular complexity index is 376. The van der Waals surface area contributed by atoms with E-state index in [9.17, 15) is 4.79 Å². The predicted octanol–water partition coefficient (Wildman–Crippen LogP) is 1.49. The zero-order valence-electron chi connectivity index (χ0n) is 6.99. The first-order valence-corrected chi connectivity index (χ1v) is 4.88. The summed E-state index contributed by atoms with van der Waals surface area (Å²) < 4.78 is 0. The maximum absolute atomic E-state index is 10.4. The average molecular weight is 192 g/mol. The molecular formula is C9H8N2OS. The number of rotatable bonds is 1. The van der Waals surface area contributed by atoms with Crippen molar-refractivity contribution in [3.63, 3.8) is 0 Å². The van der Waals surface area contributed by atoms with E-state index in [4.69, 9.17) is 0 Å². The lowest BCUT2D eigenvalue weighted by atomic mass is 10.2. The van der Waals surface area contributed by atoms with Gasteiger partial charge in [-0.1, -0.05) is 12.2 Å². The highest BCUT2D eigenvalue weighted by molar-refractivity contribution is 7.99. The van der Waals surface area contributed by atoms with Gasteiger partial charge in [-0.2, -0.15) is 0 Å². The summed E-state index contributed by atoms with van der Waals surface area (Å²) in [6.07, 6.45) is 2.97. The second-order valence-electron chi connectivity index (χ2n) is 2.88. The molecule has 0 amide bonds. The first-order valence-electron chi connectivity index (χ1n) is 3.90. The number of carbonyl (C=O) groups is 1. The van der Waals surface area contributed by atoms with E-state index in [1.807, 2.05) is 0 Å². The molecule has 0 bridgehead atoms. The molecule has 0 saturated carbocycles. The van der Waals surface area contributed by atoms with Crippen LogP contribution < -0.4 is 0 Å². The zero-order valence-corrected chi connectivity index (χ0v) is 7.80. The summed E-state index contributed by atoms with van der Waals surface area (Å²) in [4.78, 5) is 18.8. The molecule has 1 aliphatic heterocycles. The smallest absolute Gasteiger partial charge is 0.170 e. The van der Waals surface area contributed by atoms with Crippen LogP contribution in [0.15, 0.2) is 23.4 Å². The standard InChI is InChI=1S/C9H8N2OS/c1-6-2-8-9(13-5-6)10-3-7(4-12)11-8/h3-4H,1-2,5H2. The summed E-state index contributed by atoms with van der Waals surface area (Å²) in [6, 6.07) is 0. The van der Waals surface area contributed by atoms with Crippen molar-refractivity contribution in [2.75, 3.05) is 5.75 Å². The van der Waals surface area contributed by atoms with Gasteiger partial charge in [0.05, 0.1) is 11.9 Å². The highest BCUT2D eigenvalue weighted by atomic mass is 32.2. The molecule has 0 radical (unpaired) electrons. The highest BCUT2D eigenvalue weighted by Gasteiger charge is 2.15. The van der Waals surface area contributed by atoms with Crippen LogP contribution in [0.2, 0.25) is 0 Å². The van der Waals surface area contributed by atoms with Gasteiger partial charge in [0.2, 0.25) is 0 Å². The minimum absolute atomic E-state index is 0.397. The lowest BCUT2D eigenvalue weighted by molar-refractivity contribution is 0.111. The van der Waals surface area contributed by atoms with E-state index < -0.39 is 0 Å². The van der Waals surface area contributed by atoms with E-state index in [2.05, 4.69) is 16.5 Å². The molecule has 13 heavy (non-hydrogen) atoms. The Morgan fingerprint density at radius 3 is 3.23 bits per heavy atom. The minimum atomic E-state index is 0.397. The Balaban J connectivity index is 2.43. The SMILES string of the molecule is C=C1CSc2ncc(C=O)nc2C1. The number of thioether (sulfide) groups is 1. The fraction of sp³-hybridized carbons (Fsp3) is 0.222. The van der Waals surface area contributed by atoms with Gasteiger partial charge < -0.3 is 0 Å². The van der Waals surface area contributed by atoms with Gasteiger partial charge in [0.1, 0.15) is 10.7 Å². The van der Waals surface area contributed by atoms with Gasteiger partial charge in [-0.05, 0) is 0 Å². The van der Waals surface area contributed by atoms with E-state index in [0.717, 1.165) is 34.8 Å². The molecular weight excluding hydrogens is 184 g/mol. The second-order valence-corrected chi connectivity index (χ2v) is 3.84. The molecule has 0 aromatic carbocycles. The first kappa shape index (κ1) is 8.44. The molecule has 0 atom stereocenters. The zero-order chi connectivity index (χ0) is 9.26. The maximum Gasteiger partial charge on any atom is 0.170 e. The Morgan fingerprint density at radius 2 is 2.46 bits per heavy atom. The monoisotopic (exact) mass is 192 g/mol. The summed E-state index contributed by atoms with van der Waals surface area (Å²) in [6.45, 7) is 3.89. The number of fused-ring (bicyclic) bond motifs is 1. The quantitative estimate of drug-likeness (QED) is 0.499. The van der Waals surface area contributed by atoms with E-state index in [0.29, 0.717) is 5.69 Å². The van der Waals surface area contributed by atoms with Crippen LogP contribution in [0.4, 0.5) is 0 Å². The topological polar surface area (TPSA) is 42.9 Å². The van der Waals surface area contributed by atoms with E-state index in [1.54, 1.807) is 11.8 Å². The van der Waals surface area contributed by atoms with E-state index in [-0.39, 0.29) is 0 Å². The normalized spacial score (nSPS) is 15.2. The van der Waals surface area contributed by atoms with Crippen molar-refractivity contribution < 1.29 is 4.79 Å². The van der Waals surface area contributed by atoms with Gasteiger partial charge in [0.25, 0.3) is 0 Å². The molecule has 0 aliphatic carbocycles. The van der Waals surface area contributed by atoms with Crippen molar-refractivity contribution >= 4 is 18.0 Å². The van der Waals surface area contributed by atoms with Crippen LogP contribution in [0.3, 0.4) is 0 Å². The largest absolute Gasteiger partial charge is 0.296 e. The van der Waals surface area contributed by atoms with Gasteiger partial charge >= 0.3 is 0 Å². The number of aromatic nitrogens is 2. The summed E-state index contributed by atoms with van der Waals surface area (Å²) in [5.74, 6) is 0.905. The molecule has 2 rings (SSSR count). The third-order valence-electron chi connectivity index (χ3n) is 1.78. The van der Waals surface area contributed by atoms with Gasteiger partial charge in [0, 0.05) is 12.2 Å². The summed E-state index contributed by atoms with van der Waals surface area (Å²) >= 11 is 1.63. The number of carbonyl (C=O) groups excluding carboxylic acids is 1. The molecule has 1 aromatic rings. The van der Waals surface area contributed by atoms with Crippen LogP contribution in [-0.2, 0) is 6.42 Å². The predicted molar refractivity (Wildman–Crippen MR) is 51.0 cm³/mol. The fourth-order valence-electron chi connectivity index (χ4n) is 1.18. The van der Waals surface area contributed by atoms with Crippen molar-refractivity contribution in [2.24, 2.45) is 0 Å². The molecule has 1 aromatic heterocycles. The molecule has 3 nitrogen and oxygen atoms in total. The summed E-state index contributed by atoms with van der Waals surface area (Å²) in [5.41, 5.74) is 2.41. The Labute approximate surface area is 80.3 Å². The van der Waals surface area contributed by atoms with Gasteiger partial charge in [-0.15, -0.1) is 11.8 Å². The third kappa shape index (κ3) is 1.62. The molecule has 0 spiro atoms. The molecule has 1 aliphatic rings. The van der Waals surface area contributed by atoms with Gasteiger partial charge in [-0.25, -0.2) is 9.97 Å². The van der Waals surface area contributed by atoms with Crippen molar-refractivity contribution in [3.8, 4) is 0 Å². The highest BCUT2D eigenvalue weighted by Crippen LogP contribution is 2.28. The van der Waals surface area contributed by atoms with Crippen molar-refractivity contribution in [3.05, 3.63) is 29.7 Å². The number of hydrogen-bond donors (Lipinski definition) is 0. The maximum atomic E-state index is 10.4. The van der Waals surface area contributed by atoms with Crippen molar-refractivity contribution in [1.29, 1.82) is 0 Å². The Hall–Kier alpha value is -1.16. The van der Waals surface area contributed by atoms with Crippen molar-refractivity contribution in [1.82, 2.24) is 9.97 Å². The third-order valence-corrected chi connectivity index (χ3v) is 2.94.